The third kappa shape index (κ3) is 4.78. The molecule has 0 aliphatic carbocycles. The molecular weight excluding hydrogens is 283 g/mol. The van der Waals surface area contributed by atoms with Crippen LogP contribution >= 0.6 is 11.6 Å². The zero-order chi connectivity index (χ0) is 14.7. The Morgan fingerprint density at radius 1 is 1.42 bits per heavy atom. The molecule has 1 rings (SSSR count). The van der Waals surface area contributed by atoms with Gasteiger partial charge < -0.3 is 9.32 Å². The molecule has 0 bridgehead atoms. The van der Waals surface area contributed by atoms with Crippen LogP contribution < -0.4 is 0 Å². The van der Waals surface area contributed by atoms with E-state index >= 15 is 0 Å². The minimum atomic E-state index is -4.47. The molecule has 3 nitrogen and oxygen atoms in total. The van der Waals surface area contributed by atoms with Gasteiger partial charge >= 0.3 is 6.18 Å². The summed E-state index contributed by atoms with van der Waals surface area (Å²) in [5.74, 6) is -0.419. The van der Waals surface area contributed by atoms with Gasteiger partial charge in [0.05, 0.1) is 18.2 Å². The van der Waals surface area contributed by atoms with Crippen molar-refractivity contribution in [2.45, 2.75) is 26.6 Å². The Bertz CT molecular complexity index is 415. The van der Waals surface area contributed by atoms with Crippen LogP contribution in [0.3, 0.4) is 0 Å². The molecule has 1 aromatic rings. The molecule has 0 saturated carbocycles. The number of hydrogen-bond acceptors (Lipinski definition) is 2. The van der Waals surface area contributed by atoms with Crippen LogP contribution in [0.25, 0.3) is 0 Å². The van der Waals surface area contributed by atoms with Crippen LogP contribution in [0.5, 0.6) is 0 Å². The van der Waals surface area contributed by atoms with E-state index in [1.165, 1.54) is 26.2 Å². The van der Waals surface area contributed by atoms with E-state index in [2.05, 4.69) is 0 Å². The Morgan fingerprint density at radius 2 is 2.05 bits per heavy atom. The highest BCUT2D eigenvalue weighted by molar-refractivity contribution is 6.19. The Labute approximate surface area is 114 Å². The second-order valence-electron chi connectivity index (χ2n) is 4.87. The van der Waals surface area contributed by atoms with Gasteiger partial charge in [-0.25, -0.2) is 0 Å². The van der Waals surface area contributed by atoms with E-state index in [1.807, 2.05) is 0 Å². The minimum absolute atomic E-state index is 0.0572. The van der Waals surface area contributed by atoms with Gasteiger partial charge in [0.2, 0.25) is 5.91 Å². The summed E-state index contributed by atoms with van der Waals surface area (Å²) in [6, 6.07) is 3.07. The van der Waals surface area contributed by atoms with Gasteiger partial charge in [-0.2, -0.15) is 13.2 Å². The first-order valence-corrected chi connectivity index (χ1v) is 6.13. The highest BCUT2D eigenvalue weighted by atomic mass is 35.5. The molecule has 1 aromatic heterocycles. The van der Waals surface area contributed by atoms with Crippen LogP contribution in [-0.2, 0) is 11.3 Å². The van der Waals surface area contributed by atoms with E-state index in [4.69, 9.17) is 16.0 Å². The summed E-state index contributed by atoms with van der Waals surface area (Å²) in [4.78, 5) is 12.8. The van der Waals surface area contributed by atoms with Gasteiger partial charge in [-0.15, -0.1) is 11.6 Å². The van der Waals surface area contributed by atoms with Crippen molar-refractivity contribution in [1.82, 2.24) is 4.90 Å². The van der Waals surface area contributed by atoms with Crippen LogP contribution in [0.15, 0.2) is 22.8 Å². The van der Waals surface area contributed by atoms with E-state index in [1.54, 1.807) is 6.07 Å². The summed E-state index contributed by atoms with van der Waals surface area (Å²) >= 11 is 5.63. The third-order valence-electron chi connectivity index (χ3n) is 2.50. The summed E-state index contributed by atoms with van der Waals surface area (Å²) in [6.07, 6.45) is -3.12. The molecule has 0 spiro atoms. The number of carbonyl (C=O) groups excluding carboxylic acids is 1. The lowest BCUT2D eigenvalue weighted by molar-refractivity contribution is -0.167. The Hall–Kier alpha value is -1.17. The number of rotatable bonds is 5. The molecule has 1 heterocycles. The lowest BCUT2D eigenvalue weighted by Crippen LogP contribution is -2.45. The van der Waals surface area contributed by atoms with Gasteiger partial charge in [0, 0.05) is 5.88 Å². The average Bonchev–Trinajstić information content (AvgIpc) is 2.78. The van der Waals surface area contributed by atoms with E-state index < -0.39 is 24.0 Å². The normalized spacial score (nSPS) is 12.5. The maximum atomic E-state index is 12.5. The summed E-state index contributed by atoms with van der Waals surface area (Å²) < 4.78 is 42.6. The van der Waals surface area contributed by atoms with Crippen molar-refractivity contribution in [2.24, 2.45) is 5.41 Å². The monoisotopic (exact) mass is 297 g/mol. The molecule has 19 heavy (non-hydrogen) atoms. The molecule has 0 saturated heterocycles. The first-order valence-electron chi connectivity index (χ1n) is 5.60. The maximum absolute atomic E-state index is 12.5. The highest BCUT2D eigenvalue weighted by Crippen LogP contribution is 2.25. The largest absolute Gasteiger partial charge is 0.467 e. The topological polar surface area (TPSA) is 33.5 Å². The number of carbonyl (C=O) groups is 1. The fraction of sp³-hybridized carbons (Fsp3) is 0.583. The molecule has 1 amide bonds. The number of furan rings is 1. The quantitative estimate of drug-likeness (QED) is 0.780. The first-order chi connectivity index (χ1) is 8.65. The SMILES string of the molecule is CC(C)(CCl)C(=O)N(Cc1ccco1)CC(F)(F)F. The lowest BCUT2D eigenvalue weighted by Gasteiger charge is -2.30. The van der Waals surface area contributed by atoms with Gasteiger partial charge in [0.15, 0.2) is 0 Å². The second-order valence-corrected chi connectivity index (χ2v) is 5.14. The molecule has 0 fully saturated rings. The molecule has 0 N–H and O–H groups in total. The number of hydrogen-bond donors (Lipinski definition) is 0. The van der Waals surface area contributed by atoms with Crippen LogP contribution in [0, 0.1) is 5.41 Å². The van der Waals surface area contributed by atoms with Crippen molar-refractivity contribution in [3.05, 3.63) is 24.2 Å². The maximum Gasteiger partial charge on any atom is 0.406 e. The van der Waals surface area contributed by atoms with Crippen molar-refractivity contribution in [3.63, 3.8) is 0 Å². The predicted octanol–water partition coefficient (Wildman–Crippen LogP) is 3.44. The van der Waals surface area contributed by atoms with Crippen LogP contribution in [-0.4, -0.2) is 29.4 Å². The van der Waals surface area contributed by atoms with E-state index in [9.17, 15) is 18.0 Å². The van der Waals surface area contributed by atoms with Gasteiger partial charge in [-0.1, -0.05) is 0 Å². The van der Waals surface area contributed by atoms with Crippen molar-refractivity contribution in [2.75, 3.05) is 12.4 Å². The molecule has 0 aromatic carbocycles. The number of halogens is 4. The zero-order valence-electron chi connectivity index (χ0n) is 10.6. The Kier molecular flexibility index (Phi) is 4.90. The minimum Gasteiger partial charge on any atom is -0.467 e. The average molecular weight is 298 g/mol. The first kappa shape index (κ1) is 15.9. The smallest absolute Gasteiger partial charge is 0.406 e. The molecular formula is C12H15ClF3NO2. The zero-order valence-corrected chi connectivity index (χ0v) is 11.4. The van der Waals surface area contributed by atoms with Crippen molar-refractivity contribution >= 4 is 17.5 Å². The summed E-state index contributed by atoms with van der Waals surface area (Å²) in [7, 11) is 0. The van der Waals surface area contributed by atoms with Gasteiger partial charge in [-0.05, 0) is 26.0 Å². The molecule has 7 heteroatoms. The van der Waals surface area contributed by atoms with Crippen LogP contribution in [0.2, 0.25) is 0 Å². The number of alkyl halides is 4. The highest BCUT2D eigenvalue weighted by Gasteiger charge is 2.38. The van der Waals surface area contributed by atoms with E-state index in [0.717, 1.165) is 0 Å². The van der Waals surface area contributed by atoms with Crippen molar-refractivity contribution in [1.29, 1.82) is 0 Å². The second kappa shape index (κ2) is 5.86. The number of amides is 1. The lowest BCUT2D eigenvalue weighted by atomic mass is 9.94. The molecule has 0 unspecified atom stereocenters. The third-order valence-corrected chi connectivity index (χ3v) is 3.17. The molecule has 0 aliphatic rings. The summed E-state index contributed by atoms with van der Waals surface area (Å²) in [6.45, 7) is 1.46. The number of nitrogens with zero attached hydrogens (tertiary/aromatic N) is 1. The summed E-state index contributed by atoms with van der Waals surface area (Å²) in [5, 5.41) is 0. The van der Waals surface area contributed by atoms with Gasteiger partial charge in [-0.3, -0.25) is 4.79 Å². The molecule has 108 valence electrons. The van der Waals surface area contributed by atoms with Gasteiger partial charge in [0.25, 0.3) is 0 Å². The standard InChI is InChI=1S/C12H15ClF3NO2/c1-11(2,7-13)10(18)17(8-12(14,15)16)6-9-4-3-5-19-9/h3-5H,6-8H2,1-2H3. The fourth-order valence-corrected chi connectivity index (χ4v) is 1.61. The molecule has 0 radical (unpaired) electrons. The van der Waals surface area contributed by atoms with E-state index in [-0.39, 0.29) is 12.4 Å². The van der Waals surface area contributed by atoms with Crippen molar-refractivity contribution < 1.29 is 22.4 Å². The predicted molar refractivity (Wildman–Crippen MR) is 64.7 cm³/mol. The van der Waals surface area contributed by atoms with Crippen LogP contribution in [0.1, 0.15) is 19.6 Å². The summed E-state index contributed by atoms with van der Waals surface area (Å²) in [5.41, 5.74) is -1.06. The Morgan fingerprint density at radius 3 is 2.47 bits per heavy atom. The van der Waals surface area contributed by atoms with Gasteiger partial charge in [0.1, 0.15) is 12.3 Å². The van der Waals surface area contributed by atoms with E-state index in [0.29, 0.717) is 10.7 Å². The van der Waals surface area contributed by atoms with Crippen LogP contribution in [0.4, 0.5) is 13.2 Å². The van der Waals surface area contributed by atoms with Crippen molar-refractivity contribution in [3.8, 4) is 0 Å². The molecule has 0 aliphatic heterocycles. The fourth-order valence-electron chi connectivity index (χ4n) is 1.49. The molecule has 0 atom stereocenters. The Balaban J connectivity index is 2.89.